The summed E-state index contributed by atoms with van der Waals surface area (Å²) in [6, 6.07) is 12.4. The van der Waals surface area contributed by atoms with E-state index in [1.807, 2.05) is 19.1 Å². The molecular weight excluding hydrogens is 369 g/mol. The number of hydrogen-bond donors (Lipinski definition) is 1. The lowest BCUT2D eigenvalue weighted by molar-refractivity contribution is -0.143. The predicted octanol–water partition coefficient (Wildman–Crippen LogP) is 3.62. The Labute approximate surface area is 161 Å². The monoisotopic (exact) mass is 389 g/mol. The fraction of sp³-hybridized carbons (Fsp3) is 0.250. The number of anilines is 1. The van der Waals surface area contributed by atoms with E-state index in [2.05, 4.69) is 5.32 Å². The maximum atomic E-state index is 12.9. The second-order valence-corrected chi connectivity index (χ2v) is 6.90. The summed E-state index contributed by atoms with van der Waals surface area (Å²) in [6.45, 7) is 3.41. The van der Waals surface area contributed by atoms with Crippen molar-refractivity contribution in [2.24, 2.45) is 0 Å². The molecule has 0 radical (unpaired) electrons. The quantitative estimate of drug-likeness (QED) is 0.551. The average Bonchev–Trinajstić information content (AvgIpc) is 2.63. The third-order valence-corrected chi connectivity index (χ3v) is 4.50. The third kappa shape index (κ3) is 6.86. The number of halogens is 1. The zero-order valence-electron chi connectivity index (χ0n) is 15.0. The first-order chi connectivity index (χ1) is 12.8. The van der Waals surface area contributed by atoms with Crippen molar-refractivity contribution in [1.82, 2.24) is 0 Å². The molecule has 0 aromatic heterocycles. The van der Waals surface area contributed by atoms with Gasteiger partial charge in [-0.2, -0.15) is 0 Å². The van der Waals surface area contributed by atoms with Crippen molar-refractivity contribution in [2.75, 3.05) is 16.8 Å². The van der Waals surface area contributed by atoms with Crippen LogP contribution in [0.4, 0.5) is 10.1 Å². The lowest BCUT2D eigenvalue weighted by Crippen LogP contribution is -2.25. The van der Waals surface area contributed by atoms with Gasteiger partial charge >= 0.3 is 5.97 Å². The van der Waals surface area contributed by atoms with Crippen LogP contribution in [0.15, 0.2) is 48.5 Å². The summed E-state index contributed by atoms with van der Waals surface area (Å²) < 4.78 is 18.0. The Morgan fingerprint density at radius 1 is 1.04 bits per heavy atom. The molecule has 0 heterocycles. The van der Waals surface area contributed by atoms with Gasteiger partial charge in [-0.25, -0.2) is 4.39 Å². The van der Waals surface area contributed by atoms with Crippen molar-refractivity contribution in [1.29, 1.82) is 0 Å². The first kappa shape index (κ1) is 20.6. The number of ether oxygens (including phenoxy) is 1. The minimum absolute atomic E-state index is 0.0532. The van der Waals surface area contributed by atoms with Gasteiger partial charge < -0.3 is 10.1 Å². The van der Waals surface area contributed by atoms with E-state index in [0.717, 1.165) is 17.3 Å². The topological polar surface area (TPSA) is 72.5 Å². The predicted molar refractivity (Wildman–Crippen MR) is 103 cm³/mol. The van der Waals surface area contributed by atoms with Gasteiger partial charge in [-0.3, -0.25) is 14.4 Å². The van der Waals surface area contributed by atoms with Crippen LogP contribution in [-0.4, -0.2) is 35.3 Å². The number of amides is 1. The maximum Gasteiger partial charge on any atom is 0.316 e. The highest BCUT2D eigenvalue weighted by Gasteiger charge is 2.19. The van der Waals surface area contributed by atoms with Gasteiger partial charge in [-0.1, -0.05) is 17.7 Å². The van der Waals surface area contributed by atoms with Gasteiger partial charge in [0.1, 0.15) is 5.82 Å². The largest absolute Gasteiger partial charge is 0.454 e. The van der Waals surface area contributed by atoms with Crippen LogP contribution in [0.5, 0.6) is 0 Å². The number of esters is 1. The number of thioether (sulfide) groups is 1. The number of aryl methyl sites for hydroxylation is 1. The van der Waals surface area contributed by atoms with E-state index in [-0.39, 0.29) is 23.0 Å². The highest BCUT2D eigenvalue weighted by Crippen LogP contribution is 2.11. The summed E-state index contributed by atoms with van der Waals surface area (Å²) in [5, 5.41) is 2.73. The van der Waals surface area contributed by atoms with E-state index in [1.165, 1.54) is 31.2 Å². The summed E-state index contributed by atoms with van der Waals surface area (Å²) in [6.07, 6.45) is -0.982. The number of benzene rings is 2. The Morgan fingerprint density at radius 3 is 2.30 bits per heavy atom. The minimum Gasteiger partial charge on any atom is -0.454 e. The first-order valence-corrected chi connectivity index (χ1v) is 9.44. The molecule has 2 aromatic rings. The Kier molecular flexibility index (Phi) is 7.55. The van der Waals surface area contributed by atoms with Crippen molar-refractivity contribution < 1.29 is 23.5 Å². The SMILES string of the molecule is Cc1ccc(NC(=O)CSCC(=O)O[C@H](C)C(=O)c2ccc(F)cc2)cc1. The summed E-state index contributed by atoms with van der Waals surface area (Å²) in [4.78, 5) is 35.8. The molecule has 0 saturated heterocycles. The fourth-order valence-corrected chi connectivity index (χ4v) is 2.79. The molecule has 2 rings (SSSR count). The van der Waals surface area contributed by atoms with Gasteiger partial charge in [0.05, 0.1) is 11.5 Å². The summed E-state index contributed by atoms with van der Waals surface area (Å²) in [5.41, 5.74) is 2.04. The van der Waals surface area contributed by atoms with E-state index < -0.39 is 23.7 Å². The third-order valence-electron chi connectivity index (χ3n) is 3.59. The number of rotatable bonds is 8. The van der Waals surface area contributed by atoms with Crippen molar-refractivity contribution >= 4 is 35.1 Å². The second kappa shape index (κ2) is 9.87. The first-order valence-electron chi connectivity index (χ1n) is 8.28. The summed E-state index contributed by atoms with van der Waals surface area (Å²) >= 11 is 1.10. The molecule has 0 unspecified atom stereocenters. The lowest BCUT2D eigenvalue weighted by Gasteiger charge is -2.12. The van der Waals surface area contributed by atoms with Crippen molar-refractivity contribution in [2.45, 2.75) is 20.0 Å². The Hall–Kier alpha value is -2.67. The fourth-order valence-electron chi connectivity index (χ4n) is 2.19. The van der Waals surface area contributed by atoms with Gasteiger partial charge in [-0.05, 0) is 50.2 Å². The number of carbonyl (C=O) groups is 3. The molecule has 0 aliphatic rings. The number of hydrogen-bond acceptors (Lipinski definition) is 5. The summed E-state index contributed by atoms with van der Waals surface area (Å²) in [7, 11) is 0. The smallest absolute Gasteiger partial charge is 0.316 e. The van der Waals surface area contributed by atoms with E-state index >= 15 is 0 Å². The number of Topliss-reactive ketones (excluding diaryl/α,β-unsaturated/α-hetero) is 1. The molecule has 0 spiro atoms. The molecule has 0 aliphatic heterocycles. The van der Waals surface area contributed by atoms with Crippen LogP contribution >= 0.6 is 11.8 Å². The molecule has 142 valence electrons. The second-order valence-electron chi connectivity index (χ2n) is 5.91. The van der Waals surface area contributed by atoms with E-state index in [4.69, 9.17) is 4.74 Å². The average molecular weight is 389 g/mol. The molecule has 0 bridgehead atoms. The molecule has 5 nitrogen and oxygen atoms in total. The molecular formula is C20H20FNO4S. The van der Waals surface area contributed by atoms with Gasteiger partial charge in [-0.15, -0.1) is 11.8 Å². The standard InChI is InChI=1S/C20H20FNO4S/c1-13-3-9-17(10-4-13)22-18(23)11-27-12-19(24)26-14(2)20(25)15-5-7-16(21)8-6-15/h3-10,14H,11-12H2,1-2H3,(H,22,23)/t14-/m1/s1. The molecule has 1 N–H and O–H groups in total. The van der Waals surface area contributed by atoms with Crippen LogP contribution in [0, 0.1) is 12.7 Å². The van der Waals surface area contributed by atoms with E-state index in [1.54, 1.807) is 12.1 Å². The molecule has 0 saturated carbocycles. The zero-order chi connectivity index (χ0) is 19.8. The van der Waals surface area contributed by atoms with Crippen molar-refractivity contribution in [3.63, 3.8) is 0 Å². The molecule has 7 heteroatoms. The Bertz CT molecular complexity index is 806. The highest BCUT2D eigenvalue weighted by atomic mass is 32.2. The van der Waals surface area contributed by atoms with E-state index in [9.17, 15) is 18.8 Å². The molecule has 0 fully saturated rings. The molecule has 1 atom stereocenters. The lowest BCUT2D eigenvalue weighted by atomic mass is 10.1. The van der Waals surface area contributed by atoms with Crippen LogP contribution in [0.3, 0.4) is 0 Å². The normalized spacial score (nSPS) is 11.5. The van der Waals surface area contributed by atoms with Crippen LogP contribution in [0.1, 0.15) is 22.8 Å². The van der Waals surface area contributed by atoms with Crippen molar-refractivity contribution in [3.05, 3.63) is 65.5 Å². The molecule has 0 aliphatic carbocycles. The Balaban J connectivity index is 1.72. The van der Waals surface area contributed by atoms with Crippen LogP contribution in [-0.2, 0) is 14.3 Å². The van der Waals surface area contributed by atoms with Gasteiger partial charge in [0.15, 0.2) is 6.10 Å². The van der Waals surface area contributed by atoms with Crippen molar-refractivity contribution in [3.8, 4) is 0 Å². The van der Waals surface area contributed by atoms with Crippen LogP contribution in [0.2, 0.25) is 0 Å². The molecule has 1 amide bonds. The van der Waals surface area contributed by atoms with Gasteiger partial charge in [0, 0.05) is 11.3 Å². The molecule has 2 aromatic carbocycles. The summed E-state index contributed by atoms with van der Waals surface area (Å²) in [5.74, 6) is -1.65. The molecule has 27 heavy (non-hydrogen) atoms. The van der Waals surface area contributed by atoms with E-state index in [0.29, 0.717) is 5.69 Å². The van der Waals surface area contributed by atoms with Gasteiger partial charge in [0.2, 0.25) is 11.7 Å². The zero-order valence-corrected chi connectivity index (χ0v) is 15.8. The van der Waals surface area contributed by atoms with Crippen LogP contribution < -0.4 is 5.32 Å². The van der Waals surface area contributed by atoms with Gasteiger partial charge in [0.25, 0.3) is 0 Å². The minimum atomic E-state index is -0.982. The number of carbonyl (C=O) groups excluding carboxylic acids is 3. The van der Waals surface area contributed by atoms with Crippen LogP contribution in [0.25, 0.3) is 0 Å². The Morgan fingerprint density at radius 2 is 1.67 bits per heavy atom. The number of nitrogens with one attached hydrogen (secondary N) is 1. The number of ketones is 1. The highest BCUT2D eigenvalue weighted by molar-refractivity contribution is 8.00. The maximum absolute atomic E-state index is 12.9.